The normalized spacial score (nSPS) is 16.7. The van der Waals surface area contributed by atoms with Crippen LogP contribution in [-0.2, 0) is 6.54 Å². The number of aryl methyl sites for hydroxylation is 2. The molecule has 1 aliphatic carbocycles. The zero-order valence-electron chi connectivity index (χ0n) is 8.71. The fourth-order valence-corrected chi connectivity index (χ4v) is 1.63. The fourth-order valence-electron chi connectivity index (χ4n) is 1.63. The molecule has 1 aliphatic rings. The Morgan fingerprint density at radius 3 is 2.71 bits per heavy atom. The quantitative estimate of drug-likeness (QED) is 0.745. The highest BCUT2D eigenvalue weighted by Crippen LogP contribution is 2.11. The lowest BCUT2D eigenvalue weighted by molar-refractivity contribution is 0.425. The highest BCUT2D eigenvalue weighted by Gasteiger charge is 2.11. The summed E-state index contributed by atoms with van der Waals surface area (Å²) in [4.78, 5) is 4.32. The molecular weight excluding hydrogens is 176 g/mol. The van der Waals surface area contributed by atoms with Crippen LogP contribution in [0.2, 0.25) is 0 Å². The van der Waals surface area contributed by atoms with E-state index in [4.69, 9.17) is 4.42 Å². The van der Waals surface area contributed by atoms with Crippen molar-refractivity contribution in [1.82, 2.24) is 10.3 Å². The summed E-state index contributed by atoms with van der Waals surface area (Å²) in [6, 6.07) is 0.572. The zero-order chi connectivity index (χ0) is 9.97. The van der Waals surface area contributed by atoms with E-state index < -0.39 is 0 Å². The topological polar surface area (TPSA) is 38.1 Å². The second-order valence-corrected chi connectivity index (χ2v) is 3.77. The predicted molar refractivity (Wildman–Crippen MR) is 55.0 cm³/mol. The molecule has 1 heterocycles. The van der Waals surface area contributed by atoms with Gasteiger partial charge in [0.25, 0.3) is 0 Å². The second-order valence-electron chi connectivity index (χ2n) is 3.77. The molecule has 1 aromatic rings. The van der Waals surface area contributed by atoms with E-state index in [2.05, 4.69) is 22.5 Å². The smallest absolute Gasteiger partial charge is 0.208 e. The molecule has 2 rings (SSSR count). The summed E-state index contributed by atoms with van der Waals surface area (Å²) in [7, 11) is 0. The summed E-state index contributed by atoms with van der Waals surface area (Å²) in [5.74, 6) is 1.72. The van der Waals surface area contributed by atoms with Crippen molar-refractivity contribution in [1.29, 1.82) is 0 Å². The second kappa shape index (κ2) is 3.96. The van der Waals surface area contributed by atoms with Crippen LogP contribution in [0.4, 0.5) is 0 Å². The SMILES string of the molecule is Cc1nc(CNC2CC=CC2)oc1C. The predicted octanol–water partition coefficient (Wildman–Crippen LogP) is 2.10. The summed E-state index contributed by atoms with van der Waals surface area (Å²) >= 11 is 0. The molecule has 0 amide bonds. The third kappa shape index (κ3) is 2.04. The molecular formula is C11H16N2O. The van der Waals surface area contributed by atoms with E-state index in [1.807, 2.05) is 13.8 Å². The van der Waals surface area contributed by atoms with Gasteiger partial charge in [-0.25, -0.2) is 4.98 Å². The number of oxazole rings is 1. The average Bonchev–Trinajstić information content (AvgIpc) is 2.74. The molecule has 0 atom stereocenters. The molecule has 0 fully saturated rings. The summed E-state index contributed by atoms with van der Waals surface area (Å²) in [5, 5.41) is 3.42. The molecule has 1 N–H and O–H groups in total. The largest absolute Gasteiger partial charge is 0.444 e. The van der Waals surface area contributed by atoms with Crippen LogP contribution in [0.25, 0.3) is 0 Å². The minimum absolute atomic E-state index is 0.572. The molecule has 3 nitrogen and oxygen atoms in total. The van der Waals surface area contributed by atoms with Crippen LogP contribution in [0, 0.1) is 13.8 Å². The van der Waals surface area contributed by atoms with E-state index >= 15 is 0 Å². The molecule has 14 heavy (non-hydrogen) atoms. The van der Waals surface area contributed by atoms with Gasteiger partial charge in [0.2, 0.25) is 5.89 Å². The highest BCUT2D eigenvalue weighted by molar-refractivity contribution is 5.05. The molecule has 0 radical (unpaired) electrons. The Morgan fingerprint density at radius 2 is 2.14 bits per heavy atom. The first kappa shape index (κ1) is 9.46. The van der Waals surface area contributed by atoms with Gasteiger partial charge in [-0.1, -0.05) is 12.2 Å². The van der Waals surface area contributed by atoms with Crippen molar-refractivity contribution in [2.75, 3.05) is 0 Å². The number of nitrogens with one attached hydrogen (secondary N) is 1. The van der Waals surface area contributed by atoms with Crippen LogP contribution < -0.4 is 5.32 Å². The Bertz CT molecular complexity index is 314. The van der Waals surface area contributed by atoms with Crippen LogP contribution in [0.1, 0.15) is 30.2 Å². The molecule has 0 saturated heterocycles. The van der Waals surface area contributed by atoms with Gasteiger partial charge in [0.05, 0.1) is 12.2 Å². The van der Waals surface area contributed by atoms with E-state index in [9.17, 15) is 0 Å². The van der Waals surface area contributed by atoms with Gasteiger partial charge in [0.1, 0.15) is 5.76 Å². The molecule has 1 aromatic heterocycles. The van der Waals surface area contributed by atoms with E-state index in [0.717, 1.165) is 36.7 Å². The molecule has 0 spiro atoms. The third-order valence-electron chi connectivity index (χ3n) is 2.62. The van der Waals surface area contributed by atoms with Gasteiger partial charge < -0.3 is 9.73 Å². The first-order valence-electron chi connectivity index (χ1n) is 5.07. The monoisotopic (exact) mass is 192 g/mol. The minimum atomic E-state index is 0.572. The van der Waals surface area contributed by atoms with Crippen LogP contribution in [0.15, 0.2) is 16.6 Å². The number of hydrogen-bond acceptors (Lipinski definition) is 3. The van der Waals surface area contributed by atoms with E-state index in [1.165, 1.54) is 0 Å². The van der Waals surface area contributed by atoms with Crippen molar-refractivity contribution < 1.29 is 4.42 Å². The maximum Gasteiger partial charge on any atom is 0.208 e. The fraction of sp³-hybridized carbons (Fsp3) is 0.545. The maximum absolute atomic E-state index is 5.48. The van der Waals surface area contributed by atoms with Crippen LogP contribution >= 0.6 is 0 Å². The van der Waals surface area contributed by atoms with Crippen molar-refractivity contribution in [3.8, 4) is 0 Å². The lowest BCUT2D eigenvalue weighted by atomic mass is 10.2. The zero-order valence-corrected chi connectivity index (χ0v) is 8.71. The van der Waals surface area contributed by atoms with E-state index in [0.29, 0.717) is 6.04 Å². The van der Waals surface area contributed by atoms with Crippen molar-refractivity contribution in [3.05, 3.63) is 29.5 Å². The Hall–Kier alpha value is -1.09. The van der Waals surface area contributed by atoms with Gasteiger partial charge >= 0.3 is 0 Å². The van der Waals surface area contributed by atoms with Crippen LogP contribution in [-0.4, -0.2) is 11.0 Å². The number of aromatic nitrogens is 1. The van der Waals surface area contributed by atoms with Crippen molar-refractivity contribution in [2.24, 2.45) is 0 Å². The van der Waals surface area contributed by atoms with Crippen molar-refractivity contribution in [3.63, 3.8) is 0 Å². The first-order chi connectivity index (χ1) is 6.75. The lowest BCUT2D eigenvalue weighted by Crippen LogP contribution is -2.25. The van der Waals surface area contributed by atoms with Gasteiger partial charge in [0, 0.05) is 6.04 Å². The summed E-state index contributed by atoms with van der Waals surface area (Å²) in [5.41, 5.74) is 0.992. The highest BCUT2D eigenvalue weighted by atomic mass is 16.4. The van der Waals surface area contributed by atoms with Gasteiger partial charge in [0.15, 0.2) is 0 Å². The average molecular weight is 192 g/mol. The Morgan fingerprint density at radius 1 is 1.43 bits per heavy atom. The summed E-state index contributed by atoms with van der Waals surface area (Å²) in [6.45, 7) is 4.66. The first-order valence-corrected chi connectivity index (χ1v) is 5.07. The summed E-state index contributed by atoms with van der Waals surface area (Å²) in [6.07, 6.45) is 6.67. The van der Waals surface area contributed by atoms with Gasteiger partial charge in [-0.05, 0) is 26.7 Å². The third-order valence-corrected chi connectivity index (χ3v) is 2.62. The molecule has 0 aliphatic heterocycles. The van der Waals surface area contributed by atoms with Crippen molar-refractivity contribution >= 4 is 0 Å². The minimum Gasteiger partial charge on any atom is -0.444 e. The van der Waals surface area contributed by atoms with E-state index in [1.54, 1.807) is 0 Å². The lowest BCUT2D eigenvalue weighted by Gasteiger charge is -2.08. The Kier molecular flexibility index (Phi) is 2.68. The van der Waals surface area contributed by atoms with Gasteiger partial charge in [-0.3, -0.25) is 0 Å². The molecule has 0 saturated carbocycles. The molecule has 3 heteroatoms. The summed E-state index contributed by atoms with van der Waals surface area (Å²) < 4.78 is 5.48. The van der Waals surface area contributed by atoms with Crippen LogP contribution in [0.3, 0.4) is 0 Å². The maximum atomic E-state index is 5.48. The molecule has 0 aromatic carbocycles. The molecule has 0 bridgehead atoms. The Balaban J connectivity index is 1.85. The standard InChI is InChI=1S/C11H16N2O/c1-8-9(2)14-11(13-8)7-12-10-5-3-4-6-10/h3-4,10,12H,5-7H2,1-2H3. The molecule has 76 valence electrons. The van der Waals surface area contributed by atoms with Crippen LogP contribution in [0.5, 0.6) is 0 Å². The number of nitrogens with zero attached hydrogens (tertiary/aromatic N) is 1. The molecule has 0 unspecified atom stereocenters. The van der Waals surface area contributed by atoms with Gasteiger partial charge in [-0.15, -0.1) is 0 Å². The van der Waals surface area contributed by atoms with E-state index in [-0.39, 0.29) is 0 Å². The number of hydrogen-bond donors (Lipinski definition) is 1. The van der Waals surface area contributed by atoms with Gasteiger partial charge in [-0.2, -0.15) is 0 Å². The number of rotatable bonds is 3. The van der Waals surface area contributed by atoms with Crippen molar-refractivity contribution in [2.45, 2.75) is 39.3 Å². The Labute approximate surface area is 84.2 Å².